The molecule has 1 atom stereocenters. The zero-order valence-electron chi connectivity index (χ0n) is 9.92. The van der Waals surface area contributed by atoms with Gasteiger partial charge < -0.3 is 10.5 Å². The van der Waals surface area contributed by atoms with Gasteiger partial charge in [0, 0.05) is 6.54 Å². The third-order valence-electron chi connectivity index (χ3n) is 2.89. The smallest absolute Gasteiger partial charge is 0.0778 e. The second-order valence-electron chi connectivity index (χ2n) is 4.28. The van der Waals surface area contributed by atoms with Crippen molar-refractivity contribution < 1.29 is 4.74 Å². The minimum absolute atomic E-state index is 0.190. The number of rotatable bonds is 5. The van der Waals surface area contributed by atoms with Crippen molar-refractivity contribution >= 4 is 0 Å². The van der Waals surface area contributed by atoms with E-state index in [1.54, 1.807) is 0 Å². The fourth-order valence-corrected chi connectivity index (χ4v) is 1.25. The van der Waals surface area contributed by atoms with E-state index < -0.39 is 0 Å². The molecule has 0 aliphatic carbocycles. The lowest BCUT2D eigenvalue weighted by atomic mass is 10.0. The lowest BCUT2D eigenvalue weighted by molar-refractivity contribution is -0.0387. The predicted octanol–water partition coefficient (Wildman–Crippen LogP) is 2.64. The van der Waals surface area contributed by atoms with Crippen molar-refractivity contribution in [3.63, 3.8) is 0 Å². The minimum atomic E-state index is -0.190. The molecule has 0 heterocycles. The first kappa shape index (κ1) is 12.2. The van der Waals surface area contributed by atoms with Crippen molar-refractivity contribution in [1.82, 2.24) is 0 Å². The lowest BCUT2D eigenvalue weighted by Gasteiger charge is -2.26. The molecule has 0 saturated carbocycles. The molecular weight excluding hydrogens is 186 g/mol. The van der Waals surface area contributed by atoms with Gasteiger partial charge in [-0.25, -0.2) is 0 Å². The van der Waals surface area contributed by atoms with Crippen molar-refractivity contribution in [3.05, 3.63) is 35.4 Å². The van der Waals surface area contributed by atoms with Crippen LogP contribution < -0.4 is 5.73 Å². The summed E-state index contributed by atoms with van der Waals surface area (Å²) in [5, 5.41) is 0. The molecule has 2 heteroatoms. The molecule has 1 aromatic rings. The average Bonchev–Trinajstić information content (AvgIpc) is 2.28. The van der Waals surface area contributed by atoms with Crippen LogP contribution in [0, 0.1) is 6.92 Å². The van der Waals surface area contributed by atoms with Gasteiger partial charge in [0.05, 0.1) is 12.2 Å². The van der Waals surface area contributed by atoms with E-state index in [2.05, 4.69) is 45.0 Å². The fourth-order valence-electron chi connectivity index (χ4n) is 1.25. The molecule has 0 fully saturated rings. The second kappa shape index (κ2) is 5.29. The van der Waals surface area contributed by atoms with E-state index in [1.165, 1.54) is 11.1 Å². The minimum Gasteiger partial charge on any atom is -0.369 e. The van der Waals surface area contributed by atoms with Crippen LogP contribution in [0.25, 0.3) is 0 Å². The van der Waals surface area contributed by atoms with E-state index in [-0.39, 0.29) is 5.60 Å². The lowest BCUT2D eigenvalue weighted by Crippen LogP contribution is -2.36. The van der Waals surface area contributed by atoms with Crippen LogP contribution in [-0.2, 0) is 11.3 Å². The maximum Gasteiger partial charge on any atom is 0.0778 e. The molecule has 0 aromatic heterocycles. The second-order valence-corrected chi connectivity index (χ2v) is 4.28. The summed E-state index contributed by atoms with van der Waals surface area (Å²) in [5.41, 5.74) is 7.97. The van der Waals surface area contributed by atoms with Crippen molar-refractivity contribution in [1.29, 1.82) is 0 Å². The van der Waals surface area contributed by atoms with Crippen LogP contribution in [0.3, 0.4) is 0 Å². The summed E-state index contributed by atoms with van der Waals surface area (Å²) in [6, 6.07) is 8.40. The molecule has 1 aromatic carbocycles. The normalized spacial score (nSPS) is 14.9. The molecular formula is C13H21NO. The summed E-state index contributed by atoms with van der Waals surface area (Å²) in [4.78, 5) is 0. The topological polar surface area (TPSA) is 35.2 Å². The van der Waals surface area contributed by atoms with Gasteiger partial charge in [-0.05, 0) is 25.8 Å². The van der Waals surface area contributed by atoms with E-state index in [1.807, 2.05) is 0 Å². The zero-order chi connectivity index (χ0) is 11.3. The molecule has 0 saturated heterocycles. The number of ether oxygens (including phenoxy) is 1. The summed E-state index contributed by atoms with van der Waals surface area (Å²) in [6.07, 6.45) is 0.940. The van der Waals surface area contributed by atoms with Crippen LogP contribution in [0.4, 0.5) is 0 Å². The van der Waals surface area contributed by atoms with E-state index in [0.717, 1.165) is 6.42 Å². The quantitative estimate of drug-likeness (QED) is 0.805. The average molecular weight is 207 g/mol. The summed E-state index contributed by atoms with van der Waals surface area (Å²) in [7, 11) is 0. The first-order valence-corrected chi connectivity index (χ1v) is 5.49. The van der Waals surface area contributed by atoms with Gasteiger partial charge in [-0.1, -0.05) is 36.8 Å². The maximum atomic E-state index is 5.83. The predicted molar refractivity (Wildman–Crippen MR) is 63.7 cm³/mol. The maximum absolute atomic E-state index is 5.83. The fraction of sp³-hybridized carbons (Fsp3) is 0.538. The molecule has 1 unspecified atom stereocenters. The highest BCUT2D eigenvalue weighted by Crippen LogP contribution is 2.16. The summed E-state index contributed by atoms with van der Waals surface area (Å²) >= 11 is 0. The van der Waals surface area contributed by atoms with Crippen LogP contribution in [0.15, 0.2) is 24.3 Å². The first-order chi connectivity index (χ1) is 7.09. The Morgan fingerprint density at radius 3 is 2.33 bits per heavy atom. The van der Waals surface area contributed by atoms with Crippen molar-refractivity contribution in [2.45, 2.75) is 39.4 Å². The Bertz CT molecular complexity index is 288. The van der Waals surface area contributed by atoms with Crippen LogP contribution in [0.5, 0.6) is 0 Å². The number of hydrogen-bond donors (Lipinski definition) is 1. The molecule has 0 radical (unpaired) electrons. The Morgan fingerprint density at radius 2 is 1.87 bits per heavy atom. The molecule has 0 aliphatic rings. The Balaban J connectivity index is 2.53. The number of aryl methyl sites for hydroxylation is 1. The molecule has 0 bridgehead atoms. The van der Waals surface area contributed by atoms with Crippen LogP contribution in [0.2, 0.25) is 0 Å². The first-order valence-electron chi connectivity index (χ1n) is 5.49. The summed E-state index contributed by atoms with van der Waals surface area (Å²) in [5.74, 6) is 0. The van der Waals surface area contributed by atoms with Gasteiger partial charge in [-0.3, -0.25) is 0 Å². The SMILES string of the molecule is CCC(C)(CN)OCc1ccc(C)cc1. The number of nitrogens with two attached hydrogens (primary N) is 1. The Morgan fingerprint density at radius 1 is 1.27 bits per heavy atom. The molecule has 2 N–H and O–H groups in total. The van der Waals surface area contributed by atoms with E-state index in [0.29, 0.717) is 13.2 Å². The van der Waals surface area contributed by atoms with E-state index >= 15 is 0 Å². The third kappa shape index (κ3) is 3.65. The summed E-state index contributed by atoms with van der Waals surface area (Å²) in [6.45, 7) is 7.45. The van der Waals surface area contributed by atoms with E-state index in [4.69, 9.17) is 10.5 Å². The third-order valence-corrected chi connectivity index (χ3v) is 2.89. The molecule has 84 valence electrons. The highest BCUT2D eigenvalue weighted by Gasteiger charge is 2.20. The molecule has 15 heavy (non-hydrogen) atoms. The van der Waals surface area contributed by atoms with Gasteiger partial charge in [-0.15, -0.1) is 0 Å². The van der Waals surface area contributed by atoms with Crippen LogP contribution >= 0.6 is 0 Å². The van der Waals surface area contributed by atoms with Gasteiger partial charge in [0.1, 0.15) is 0 Å². The van der Waals surface area contributed by atoms with Crippen molar-refractivity contribution in [2.24, 2.45) is 5.73 Å². The monoisotopic (exact) mass is 207 g/mol. The molecule has 0 amide bonds. The number of hydrogen-bond acceptors (Lipinski definition) is 2. The highest BCUT2D eigenvalue weighted by atomic mass is 16.5. The molecule has 2 nitrogen and oxygen atoms in total. The Kier molecular flexibility index (Phi) is 4.30. The van der Waals surface area contributed by atoms with Crippen LogP contribution in [0.1, 0.15) is 31.4 Å². The molecule has 1 rings (SSSR count). The van der Waals surface area contributed by atoms with Crippen molar-refractivity contribution in [3.8, 4) is 0 Å². The standard InChI is InChI=1S/C13H21NO/c1-4-13(3,10-14)15-9-12-7-5-11(2)6-8-12/h5-8H,4,9-10,14H2,1-3H3. The Labute approximate surface area is 92.4 Å². The van der Waals surface area contributed by atoms with E-state index in [9.17, 15) is 0 Å². The van der Waals surface area contributed by atoms with Crippen molar-refractivity contribution in [2.75, 3.05) is 6.54 Å². The van der Waals surface area contributed by atoms with Crippen LogP contribution in [-0.4, -0.2) is 12.1 Å². The van der Waals surface area contributed by atoms with Gasteiger partial charge in [-0.2, -0.15) is 0 Å². The van der Waals surface area contributed by atoms with Gasteiger partial charge in [0.25, 0.3) is 0 Å². The zero-order valence-corrected chi connectivity index (χ0v) is 9.92. The summed E-state index contributed by atoms with van der Waals surface area (Å²) < 4.78 is 5.83. The highest BCUT2D eigenvalue weighted by molar-refractivity contribution is 5.20. The van der Waals surface area contributed by atoms with Gasteiger partial charge in [0.2, 0.25) is 0 Å². The van der Waals surface area contributed by atoms with Gasteiger partial charge in [0.15, 0.2) is 0 Å². The Hall–Kier alpha value is -0.860. The molecule has 0 aliphatic heterocycles. The van der Waals surface area contributed by atoms with Gasteiger partial charge >= 0.3 is 0 Å². The largest absolute Gasteiger partial charge is 0.369 e. The number of benzene rings is 1. The molecule has 0 spiro atoms.